The topological polar surface area (TPSA) is 66.5 Å². The van der Waals surface area contributed by atoms with Gasteiger partial charge in [-0.2, -0.15) is 0 Å². The molecule has 0 radical (unpaired) electrons. The third-order valence-corrected chi connectivity index (χ3v) is 2.18. The lowest BCUT2D eigenvalue weighted by molar-refractivity contribution is 0.0305. The van der Waals surface area contributed by atoms with E-state index in [0.29, 0.717) is 0 Å². The maximum absolute atomic E-state index is 13.2. The number of anilines is 1. The van der Waals surface area contributed by atoms with E-state index in [2.05, 4.69) is 0 Å². The van der Waals surface area contributed by atoms with E-state index < -0.39 is 18.0 Å². The fourth-order valence-corrected chi connectivity index (χ4v) is 1.24. The second kappa shape index (κ2) is 4.59. The second-order valence-corrected chi connectivity index (χ2v) is 3.26. The Kier molecular flexibility index (Phi) is 3.69. The van der Waals surface area contributed by atoms with Gasteiger partial charge >= 0.3 is 0 Å². The molecule has 0 saturated heterocycles. The van der Waals surface area contributed by atoms with Gasteiger partial charge in [-0.3, -0.25) is 0 Å². The summed E-state index contributed by atoms with van der Waals surface area (Å²) >= 11 is 5.32. The molecular formula is C9H11ClFNO2. The van der Waals surface area contributed by atoms with Gasteiger partial charge in [0.2, 0.25) is 0 Å². The first-order valence-corrected chi connectivity index (χ1v) is 4.56. The third-order valence-electron chi connectivity index (χ3n) is 1.87. The number of aliphatic hydroxyl groups excluding tert-OH is 2. The fourth-order valence-electron chi connectivity index (χ4n) is 1.07. The molecule has 1 rings (SSSR count). The van der Waals surface area contributed by atoms with Crippen LogP contribution in [0.3, 0.4) is 0 Å². The number of hydrogen-bond acceptors (Lipinski definition) is 3. The van der Waals surface area contributed by atoms with Gasteiger partial charge in [-0.1, -0.05) is 6.07 Å². The molecule has 1 aromatic carbocycles. The predicted molar refractivity (Wildman–Crippen MR) is 52.5 cm³/mol. The van der Waals surface area contributed by atoms with Crippen molar-refractivity contribution in [3.63, 3.8) is 0 Å². The van der Waals surface area contributed by atoms with Crippen molar-refractivity contribution in [2.24, 2.45) is 0 Å². The maximum Gasteiger partial charge on any atom is 0.131 e. The predicted octanol–water partition coefficient (Wildman–Crippen LogP) is 1.04. The number of alkyl halides is 1. The number of benzene rings is 1. The Labute approximate surface area is 85.9 Å². The summed E-state index contributed by atoms with van der Waals surface area (Å²) in [5, 5.41) is 18.6. The van der Waals surface area contributed by atoms with Crippen molar-refractivity contribution in [2.75, 3.05) is 11.6 Å². The Balaban J connectivity index is 2.95. The molecule has 1 aromatic rings. The first kappa shape index (κ1) is 11.2. The summed E-state index contributed by atoms with van der Waals surface area (Å²) in [6.45, 7) is 0. The van der Waals surface area contributed by atoms with Gasteiger partial charge in [0, 0.05) is 11.3 Å². The van der Waals surface area contributed by atoms with Gasteiger partial charge in [-0.15, -0.1) is 11.6 Å². The van der Waals surface area contributed by atoms with Crippen molar-refractivity contribution in [1.82, 2.24) is 0 Å². The molecule has 78 valence electrons. The van der Waals surface area contributed by atoms with Crippen LogP contribution < -0.4 is 5.73 Å². The number of hydrogen-bond donors (Lipinski definition) is 3. The highest BCUT2D eigenvalue weighted by atomic mass is 35.5. The van der Waals surface area contributed by atoms with Gasteiger partial charge in [-0.05, 0) is 12.1 Å². The van der Waals surface area contributed by atoms with Gasteiger partial charge < -0.3 is 15.9 Å². The average Bonchev–Trinajstić information content (AvgIpc) is 2.15. The summed E-state index contributed by atoms with van der Waals surface area (Å²) < 4.78 is 13.2. The van der Waals surface area contributed by atoms with Crippen LogP contribution in [0.2, 0.25) is 0 Å². The fraction of sp³-hybridized carbons (Fsp3) is 0.333. The SMILES string of the molecule is Nc1ccc(C(O)C(O)CCl)c(F)c1. The van der Waals surface area contributed by atoms with Gasteiger partial charge in [0.25, 0.3) is 0 Å². The summed E-state index contributed by atoms with van der Waals surface area (Å²) in [6, 6.07) is 3.85. The molecule has 0 aromatic heterocycles. The Morgan fingerprint density at radius 1 is 1.43 bits per heavy atom. The molecule has 0 heterocycles. The van der Waals surface area contributed by atoms with Crippen molar-refractivity contribution in [3.05, 3.63) is 29.6 Å². The molecule has 0 spiro atoms. The molecule has 5 heteroatoms. The summed E-state index contributed by atoms with van der Waals surface area (Å²) in [5.74, 6) is -0.813. The Morgan fingerprint density at radius 2 is 2.07 bits per heavy atom. The zero-order chi connectivity index (χ0) is 10.7. The maximum atomic E-state index is 13.2. The summed E-state index contributed by atoms with van der Waals surface area (Å²) in [4.78, 5) is 0. The van der Waals surface area contributed by atoms with Crippen LogP contribution >= 0.6 is 11.6 Å². The largest absolute Gasteiger partial charge is 0.399 e. The number of nitrogens with two attached hydrogens (primary N) is 1. The number of nitrogen functional groups attached to an aromatic ring is 1. The van der Waals surface area contributed by atoms with Crippen molar-refractivity contribution in [2.45, 2.75) is 12.2 Å². The molecule has 0 aliphatic rings. The summed E-state index contributed by atoms with van der Waals surface area (Å²) in [5.41, 5.74) is 5.58. The zero-order valence-electron chi connectivity index (χ0n) is 7.32. The second-order valence-electron chi connectivity index (χ2n) is 2.95. The molecule has 0 aliphatic carbocycles. The lowest BCUT2D eigenvalue weighted by Crippen LogP contribution is -2.20. The van der Waals surface area contributed by atoms with E-state index in [0.717, 1.165) is 6.07 Å². The van der Waals surface area contributed by atoms with Crippen molar-refractivity contribution >= 4 is 17.3 Å². The molecule has 2 atom stereocenters. The van der Waals surface area contributed by atoms with Crippen molar-refractivity contribution in [1.29, 1.82) is 0 Å². The molecule has 0 aliphatic heterocycles. The smallest absolute Gasteiger partial charge is 0.131 e. The minimum Gasteiger partial charge on any atom is -0.399 e. The highest BCUT2D eigenvalue weighted by Gasteiger charge is 2.20. The van der Waals surface area contributed by atoms with Crippen molar-refractivity contribution < 1.29 is 14.6 Å². The van der Waals surface area contributed by atoms with Crippen LogP contribution in [0.4, 0.5) is 10.1 Å². The van der Waals surface area contributed by atoms with Crippen LogP contribution in [0.1, 0.15) is 11.7 Å². The van der Waals surface area contributed by atoms with E-state index in [4.69, 9.17) is 17.3 Å². The molecule has 0 bridgehead atoms. The Hall–Kier alpha value is -0.840. The van der Waals surface area contributed by atoms with Crippen LogP contribution in [0.5, 0.6) is 0 Å². The standard InChI is InChI=1S/C9H11ClFNO2/c10-4-8(13)9(14)6-2-1-5(12)3-7(6)11/h1-3,8-9,13-14H,4,12H2. The highest BCUT2D eigenvalue weighted by Crippen LogP contribution is 2.22. The summed E-state index contributed by atoms with van der Waals surface area (Å²) in [7, 11) is 0. The third kappa shape index (κ3) is 2.35. The number of aliphatic hydroxyl groups is 2. The molecule has 3 nitrogen and oxygen atoms in total. The Bertz CT molecular complexity index is 322. The van der Waals surface area contributed by atoms with Crippen LogP contribution in [0.25, 0.3) is 0 Å². The highest BCUT2D eigenvalue weighted by molar-refractivity contribution is 6.18. The van der Waals surface area contributed by atoms with Crippen LogP contribution in [0, 0.1) is 5.82 Å². The van der Waals surface area contributed by atoms with Crippen LogP contribution in [0.15, 0.2) is 18.2 Å². The van der Waals surface area contributed by atoms with Crippen LogP contribution in [-0.2, 0) is 0 Å². The minimum atomic E-state index is -1.33. The van der Waals surface area contributed by atoms with Crippen molar-refractivity contribution in [3.8, 4) is 0 Å². The first-order chi connectivity index (χ1) is 6.56. The van der Waals surface area contributed by atoms with Gasteiger partial charge in [0.05, 0.1) is 12.0 Å². The average molecular weight is 220 g/mol. The number of halogens is 2. The molecule has 14 heavy (non-hydrogen) atoms. The number of rotatable bonds is 3. The monoisotopic (exact) mass is 219 g/mol. The molecule has 0 amide bonds. The molecular weight excluding hydrogens is 209 g/mol. The van der Waals surface area contributed by atoms with E-state index in [1.54, 1.807) is 0 Å². The normalized spacial score (nSPS) is 15.1. The molecule has 0 saturated carbocycles. The zero-order valence-corrected chi connectivity index (χ0v) is 8.08. The first-order valence-electron chi connectivity index (χ1n) is 4.03. The lowest BCUT2D eigenvalue weighted by Gasteiger charge is -2.16. The molecule has 4 N–H and O–H groups in total. The molecule has 2 unspecified atom stereocenters. The van der Waals surface area contributed by atoms with E-state index in [9.17, 15) is 14.6 Å². The summed E-state index contributed by atoms with van der Waals surface area (Å²) in [6.07, 6.45) is -2.51. The Morgan fingerprint density at radius 3 is 2.57 bits per heavy atom. The molecule has 0 fully saturated rings. The van der Waals surface area contributed by atoms with Gasteiger partial charge in [-0.25, -0.2) is 4.39 Å². The van der Waals surface area contributed by atoms with E-state index in [-0.39, 0.29) is 17.1 Å². The van der Waals surface area contributed by atoms with Crippen LogP contribution in [-0.4, -0.2) is 22.2 Å². The van der Waals surface area contributed by atoms with E-state index >= 15 is 0 Å². The minimum absolute atomic E-state index is 0.00708. The lowest BCUT2D eigenvalue weighted by atomic mass is 10.0. The van der Waals surface area contributed by atoms with Gasteiger partial charge in [0.1, 0.15) is 11.9 Å². The van der Waals surface area contributed by atoms with E-state index in [1.165, 1.54) is 12.1 Å². The van der Waals surface area contributed by atoms with E-state index in [1.807, 2.05) is 0 Å². The quantitative estimate of drug-likeness (QED) is 0.526. The van der Waals surface area contributed by atoms with Gasteiger partial charge in [0.15, 0.2) is 0 Å².